The van der Waals surface area contributed by atoms with Crippen LogP contribution >= 0.6 is 0 Å². The predicted molar refractivity (Wildman–Crippen MR) is 109 cm³/mol. The third kappa shape index (κ3) is 3.29. The molecule has 4 rings (SSSR count). The molecule has 0 amide bonds. The van der Waals surface area contributed by atoms with Gasteiger partial charge in [-0.1, -0.05) is 71.9 Å². The molecular weight excluding hydrogens is 368 g/mol. The number of hydrogen-bond acceptors (Lipinski definition) is 5. The third-order valence-corrected chi connectivity index (χ3v) is 5.10. The zero-order chi connectivity index (χ0) is 20.4. The summed E-state index contributed by atoms with van der Waals surface area (Å²) in [5.74, 6) is -0.109. The van der Waals surface area contributed by atoms with Crippen LogP contribution in [0.2, 0.25) is 0 Å². The van der Waals surface area contributed by atoms with Crippen LogP contribution in [0.4, 0.5) is 5.69 Å². The summed E-state index contributed by atoms with van der Waals surface area (Å²) in [7, 11) is 0. The molecule has 1 aliphatic rings. The molecule has 0 N–H and O–H groups in total. The van der Waals surface area contributed by atoms with Gasteiger partial charge in [0.15, 0.2) is 11.4 Å². The number of Topliss-reactive ketones (excluding diaryl/α,β-unsaturated/α-hetero) is 1. The number of carbonyl (C=O) groups excluding carboxylic acids is 1. The Kier molecular flexibility index (Phi) is 4.68. The second-order valence-corrected chi connectivity index (χ2v) is 6.91. The Morgan fingerprint density at radius 3 is 2.48 bits per heavy atom. The molecule has 3 aromatic rings. The van der Waals surface area contributed by atoms with Gasteiger partial charge in [0, 0.05) is 35.2 Å². The quantitative estimate of drug-likeness (QED) is 0.356. The molecule has 0 aliphatic carbocycles. The van der Waals surface area contributed by atoms with E-state index in [0.717, 1.165) is 11.3 Å². The number of rotatable bonds is 5. The average Bonchev–Trinajstić information content (AvgIpc) is 3.21. The van der Waals surface area contributed by atoms with E-state index in [1.54, 1.807) is 24.3 Å². The summed E-state index contributed by atoms with van der Waals surface area (Å²) >= 11 is 0. The zero-order valence-corrected chi connectivity index (χ0v) is 15.7. The van der Waals surface area contributed by atoms with Crippen LogP contribution < -0.4 is 0 Å². The molecule has 144 valence electrons. The number of hydrogen-bond donors (Lipinski definition) is 0. The normalized spacial score (nSPS) is 18.0. The summed E-state index contributed by atoms with van der Waals surface area (Å²) < 4.78 is 0. The van der Waals surface area contributed by atoms with Crippen molar-refractivity contribution in [2.75, 3.05) is 0 Å². The fourth-order valence-electron chi connectivity index (χ4n) is 3.69. The molecule has 1 aliphatic heterocycles. The highest BCUT2D eigenvalue weighted by atomic mass is 16.7. The van der Waals surface area contributed by atoms with E-state index >= 15 is 0 Å². The molecule has 29 heavy (non-hydrogen) atoms. The number of oxime groups is 1. The van der Waals surface area contributed by atoms with E-state index in [4.69, 9.17) is 4.84 Å². The van der Waals surface area contributed by atoms with Crippen molar-refractivity contribution in [1.82, 2.24) is 0 Å². The molecule has 6 heteroatoms. The van der Waals surface area contributed by atoms with E-state index < -0.39 is 10.5 Å². The van der Waals surface area contributed by atoms with Gasteiger partial charge in [0.05, 0.1) is 10.6 Å². The van der Waals surface area contributed by atoms with Crippen molar-refractivity contribution in [3.63, 3.8) is 0 Å². The molecule has 1 heterocycles. The first kappa shape index (κ1) is 18.6. The summed E-state index contributed by atoms with van der Waals surface area (Å²) in [5.41, 5.74) is 2.18. The first-order valence-electron chi connectivity index (χ1n) is 9.17. The first-order valence-corrected chi connectivity index (χ1v) is 9.17. The number of ketones is 1. The van der Waals surface area contributed by atoms with E-state index in [0.29, 0.717) is 23.1 Å². The lowest BCUT2D eigenvalue weighted by molar-refractivity contribution is -0.385. The SMILES string of the molecule is CC(=O)c1ccccc1C1(c2cccc([N+](=O)[O-])c2)CC(c2ccccc2)=NO1. The van der Waals surface area contributed by atoms with Crippen molar-refractivity contribution in [3.8, 4) is 0 Å². The van der Waals surface area contributed by atoms with Crippen molar-refractivity contribution >= 4 is 17.2 Å². The molecule has 0 saturated carbocycles. The van der Waals surface area contributed by atoms with Gasteiger partial charge in [-0.25, -0.2) is 0 Å². The fourth-order valence-corrected chi connectivity index (χ4v) is 3.69. The fraction of sp³-hybridized carbons (Fsp3) is 0.130. The van der Waals surface area contributed by atoms with Crippen molar-refractivity contribution in [2.24, 2.45) is 5.16 Å². The molecule has 0 fully saturated rings. The monoisotopic (exact) mass is 386 g/mol. The number of nitro benzene ring substituents is 1. The summed E-state index contributed by atoms with van der Waals surface area (Å²) in [5, 5.41) is 15.7. The molecule has 0 aromatic heterocycles. The molecule has 3 aromatic carbocycles. The molecule has 0 saturated heterocycles. The van der Waals surface area contributed by atoms with Crippen molar-refractivity contribution < 1.29 is 14.6 Å². The summed E-state index contributed by atoms with van der Waals surface area (Å²) in [6.07, 6.45) is 0.350. The maximum Gasteiger partial charge on any atom is 0.269 e. The van der Waals surface area contributed by atoms with Gasteiger partial charge in [0.1, 0.15) is 0 Å². The second-order valence-electron chi connectivity index (χ2n) is 6.91. The van der Waals surface area contributed by atoms with Gasteiger partial charge in [0.25, 0.3) is 5.69 Å². The van der Waals surface area contributed by atoms with Gasteiger partial charge >= 0.3 is 0 Å². The maximum atomic E-state index is 12.3. The number of nitrogens with zero attached hydrogens (tertiary/aromatic N) is 2. The minimum atomic E-state index is -1.13. The van der Waals surface area contributed by atoms with Crippen LogP contribution in [-0.2, 0) is 10.4 Å². The second kappa shape index (κ2) is 7.31. The van der Waals surface area contributed by atoms with Gasteiger partial charge in [-0.15, -0.1) is 0 Å². The van der Waals surface area contributed by atoms with Crippen LogP contribution in [0.1, 0.15) is 40.4 Å². The highest BCUT2D eigenvalue weighted by molar-refractivity contribution is 6.03. The minimum absolute atomic E-state index is 0.0426. The van der Waals surface area contributed by atoms with Crippen LogP contribution in [0.5, 0.6) is 0 Å². The lowest BCUT2D eigenvalue weighted by atomic mass is 9.78. The van der Waals surface area contributed by atoms with Crippen LogP contribution in [-0.4, -0.2) is 16.4 Å². The van der Waals surface area contributed by atoms with Gasteiger partial charge < -0.3 is 4.84 Å². The number of non-ortho nitro benzene ring substituents is 1. The van der Waals surface area contributed by atoms with Crippen LogP contribution in [0.25, 0.3) is 0 Å². The number of carbonyl (C=O) groups is 1. The van der Waals surface area contributed by atoms with Crippen molar-refractivity contribution in [3.05, 3.63) is 111 Å². The molecule has 1 unspecified atom stereocenters. The zero-order valence-electron chi connectivity index (χ0n) is 15.7. The molecule has 1 atom stereocenters. The highest BCUT2D eigenvalue weighted by Gasteiger charge is 2.45. The lowest BCUT2D eigenvalue weighted by Crippen LogP contribution is -2.30. The molecule has 0 radical (unpaired) electrons. The van der Waals surface area contributed by atoms with Crippen molar-refractivity contribution in [1.29, 1.82) is 0 Å². The molecule has 0 bridgehead atoms. The Morgan fingerprint density at radius 2 is 1.76 bits per heavy atom. The van der Waals surface area contributed by atoms with E-state index in [1.807, 2.05) is 42.5 Å². The van der Waals surface area contributed by atoms with E-state index in [-0.39, 0.29) is 11.5 Å². The number of nitro groups is 1. The summed E-state index contributed by atoms with van der Waals surface area (Å²) in [6, 6.07) is 23.1. The molecule has 6 nitrogen and oxygen atoms in total. The summed E-state index contributed by atoms with van der Waals surface area (Å²) in [6.45, 7) is 1.49. The van der Waals surface area contributed by atoms with Gasteiger partial charge in [-0.2, -0.15) is 0 Å². The Balaban J connectivity index is 1.90. The van der Waals surface area contributed by atoms with Crippen molar-refractivity contribution in [2.45, 2.75) is 18.9 Å². The third-order valence-electron chi connectivity index (χ3n) is 5.10. The Morgan fingerprint density at radius 1 is 1.03 bits per heavy atom. The van der Waals surface area contributed by atoms with Crippen LogP contribution in [0.15, 0.2) is 84.0 Å². The highest BCUT2D eigenvalue weighted by Crippen LogP contribution is 2.44. The van der Waals surface area contributed by atoms with E-state index in [2.05, 4.69) is 5.16 Å². The topological polar surface area (TPSA) is 81.8 Å². The maximum absolute atomic E-state index is 12.3. The Hall–Kier alpha value is -3.80. The predicted octanol–water partition coefficient (Wildman–Crippen LogP) is 4.87. The number of benzene rings is 3. The van der Waals surface area contributed by atoms with E-state index in [1.165, 1.54) is 19.1 Å². The molecule has 0 spiro atoms. The lowest BCUT2D eigenvalue weighted by Gasteiger charge is -2.29. The standard InChI is InChI=1S/C23H18N2O4/c1-16(26)20-12-5-6-13-21(20)23(18-10-7-11-19(14-18)25(27)28)15-22(24-29-23)17-8-3-2-4-9-17/h2-14H,15H2,1H3. The summed E-state index contributed by atoms with van der Waals surface area (Å²) in [4.78, 5) is 29.2. The smallest absolute Gasteiger partial charge is 0.269 e. The van der Waals surface area contributed by atoms with E-state index in [9.17, 15) is 14.9 Å². The van der Waals surface area contributed by atoms with Crippen LogP contribution in [0.3, 0.4) is 0 Å². The average molecular weight is 386 g/mol. The van der Waals surface area contributed by atoms with Crippen LogP contribution in [0, 0.1) is 10.1 Å². The largest absolute Gasteiger partial charge is 0.379 e. The Bertz CT molecular complexity index is 1120. The van der Waals surface area contributed by atoms with Gasteiger partial charge in [-0.3, -0.25) is 14.9 Å². The minimum Gasteiger partial charge on any atom is -0.379 e. The van der Waals surface area contributed by atoms with Gasteiger partial charge in [0.2, 0.25) is 0 Å². The van der Waals surface area contributed by atoms with Gasteiger partial charge in [-0.05, 0) is 12.5 Å². The first-order chi connectivity index (χ1) is 14.0. The molecular formula is C23H18N2O4. The Labute approximate surface area is 167 Å².